The SMILES string of the molecule is CN[C@@H](Cc1nc2ccc(-c3cccc(N)c3)cc2c(=O)[nH]1)C(C)=O. The van der Waals surface area contributed by atoms with Crippen molar-refractivity contribution < 1.29 is 4.79 Å². The molecule has 4 N–H and O–H groups in total. The molecular formula is C19H20N4O2. The Kier molecular flexibility index (Phi) is 4.63. The van der Waals surface area contributed by atoms with E-state index in [4.69, 9.17) is 5.73 Å². The summed E-state index contributed by atoms with van der Waals surface area (Å²) in [6.45, 7) is 1.51. The Morgan fingerprint density at radius 2 is 2.00 bits per heavy atom. The number of Topliss-reactive ketones (excluding diaryl/α,β-unsaturated/α-hetero) is 1. The average Bonchev–Trinajstić information content (AvgIpc) is 2.59. The third kappa shape index (κ3) is 3.59. The lowest BCUT2D eigenvalue weighted by atomic mass is 10.0. The Hall–Kier alpha value is -2.99. The minimum atomic E-state index is -0.368. The number of likely N-dealkylation sites (N-methyl/N-ethyl adjacent to an activating group) is 1. The third-order valence-corrected chi connectivity index (χ3v) is 4.21. The number of hydrogen-bond donors (Lipinski definition) is 3. The predicted octanol–water partition coefficient (Wildman–Crippen LogP) is 1.89. The molecule has 6 nitrogen and oxygen atoms in total. The summed E-state index contributed by atoms with van der Waals surface area (Å²) in [4.78, 5) is 31.3. The van der Waals surface area contributed by atoms with Gasteiger partial charge >= 0.3 is 0 Å². The van der Waals surface area contributed by atoms with Gasteiger partial charge in [-0.25, -0.2) is 4.98 Å². The van der Waals surface area contributed by atoms with E-state index in [1.54, 1.807) is 13.1 Å². The van der Waals surface area contributed by atoms with Gasteiger partial charge < -0.3 is 16.0 Å². The molecule has 0 radical (unpaired) electrons. The van der Waals surface area contributed by atoms with Crippen molar-refractivity contribution >= 4 is 22.4 Å². The molecule has 6 heteroatoms. The number of hydrogen-bond acceptors (Lipinski definition) is 5. The summed E-state index contributed by atoms with van der Waals surface area (Å²) < 4.78 is 0. The number of rotatable bonds is 5. The Labute approximate surface area is 145 Å². The molecule has 0 unspecified atom stereocenters. The Bertz CT molecular complexity index is 994. The summed E-state index contributed by atoms with van der Waals surface area (Å²) >= 11 is 0. The summed E-state index contributed by atoms with van der Waals surface area (Å²) in [5.41, 5.74) is 8.72. The maximum absolute atomic E-state index is 12.5. The van der Waals surface area contributed by atoms with Crippen LogP contribution in [0.25, 0.3) is 22.0 Å². The van der Waals surface area contributed by atoms with E-state index >= 15 is 0 Å². The van der Waals surface area contributed by atoms with Crippen molar-refractivity contribution in [3.8, 4) is 11.1 Å². The summed E-state index contributed by atoms with van der Waals surface area (Å²) in [6.07, 6.45) is 0.341. The molecule has 3 aromatic rings. The Morgan fingerprint density at radius 1 is 1.24 bits per heavy atom. The van der Waals surface area contributed by atoms with Crippen LogP contribution in [0.2, 0.25) is 0 Å². The van der Waals surface area contributed by atoms with Crippen LogP contribution in [0.15, 0.2) is 47.3 Å². The minimum absolute atomic E-state index is 0.00209. The number of benzene rings is 2. The smallest absolute Gasteiger partial charge is 0.258 e. The lowest BCUT2D eigenvalue weighted by Crippen LogP contribution is -2.35. The van der Waals surface area contributed by atoms with Crippen LogP contribution in [0.1, 0.15) is 12.7 Å². The molecule has 0 bridgehead atoms. The van der Waals surface area contributed by atoms with Crippen LogP contribution in [-0.2, 0) is 11.2 Å². The van der Waals surface area contributed by atoms with Gasteiger partial charge in [0.1, 0.15) is 11.6 Å². The number of carbonyl (C=O) groups is 1. The van der Waals surface area contributed by atoms with E-state index < -0.39 is 0 Å². The highest BCUT2D eigenvalue weighted by molar-refractivity contribution is 5.84. The molecular weight excluding hydrogens is 316 g/mol. The van der Waals surface area contributed by atoms with Crippen LogP contribution >= 0.6 is 0 Å². The lowest BCUT2D eigenvalue weighted by molar-refractivity contribution is -0.118. The molecule has 0 saturated heterocycles. The molecule has 0 aliphatic heterocycles. The van der Waals surface area contributed by atoms with Crippen molar-refractivity contribution in [3.05, 3.63) is 58.6 Å². The molecule has 0 amide bonds. The largest absolute Gasteiger partial charge is 0.399 e. The first-order chi connectivity index (χ1) is 12.0. The first-order valence-electron chi connectivity index (χ1n) is 8.04. The summed E-state index contributed by atoms with van der Waals surface area (Å²) in [5.74, 6) is 0.492. The molecule has 1 heterocycles. The van der Waals surface area contributed by atoms with Gasteiger partial charge in [-0.2, -0.15) is 0 Å². The molecule has 1 aromatic heterocycles. The van der Waals surface area contributed by atoms with Gasteiger partial charge in [0.25, 0.3) is 5.56 Å². The molecule has 3 rings (SSSR count). The number of ketones is 1. The first kappa shape index (κ1) is 16.9. The second-order valence-corrected chi connectivity index (χ2v) is 6.03. The number of carbonyl (C=O) groups excluding carboxylic acids is 1. The van der Waals surface area contributed by atoms with Crippen molar-refractivity contribution in [1.82, 2.24) is 15.3 Å². The van der Waals surface area contributed by atoms with Gasteiger partial charge in [0.05, 0.1) is 16.9 Å². The number of H-pyrrole nitrogens is 1. The summed E-state index contributed by atoms with van der Waals surface area (Å²) in [5, 5.41) is 3.44. The van der Waals surface area contributed by atoms with Gasteiger partial charge in [-0.1, -0.05) is 18.2 Å². The number of aromatic nitrogens is 2. The highest BCUT2D eigenvalue weighted by Crippen LogP contribution is 2.23. The predicted molar refractivity (Wildman–Crippen MR) is 99.4 cm³/mol. The highest BCUT2D eigenvalue weighted by atomic mass is 16.1. The standard InChI is InChI=1S/C19H20N4O2/c1-11(24)17(21-2)10-18-22-16-7-6-13(9-15(16)19(25)23-18)12-4-3-5-14(20)8-12/h3-9,17,21H,10,20H2,1-2H3,(H,22,23,25)/t17-/m0/s1. The zero-order valence-corrected chi connectivity index (χ0v) is 14.2. The van der Waals surface area contributed by atoms with E-state index in [9.17, 15) is 9.59 Å². The fourth-order valence-electron chi connectivity index (χ4n) is 2.82. The Balaban J connectivity index is 2.02. The zero-order chi connectivity index (χ0) is 18.0. The number of nitrogens with one attached hydrogen (secondary N) is 2. The van der Waals surface area contributed by atoms with Crippen molar-refractivity contribution in [2.45, 2.75) is 19.4 Å². The van der Waals surface area contributed by atoms with Gasteiger partial charge in [0, 0.05) is 12.1 Å². The number of anilines is 1. The van der Waals surface area contributed by atoms with Gasteiger partial charge in [-0.05, 0) is 49.4 Å². The number of nitrogens with zero attached hydrogens (tertiary/aromatic N) is 1. The molecule has 0 aliphatic carbocycles. The minimum Gasteiger partial charge on any atom is -0.399 e. The number of nitrogens with two attached hydrogens (primary N) is 1. The van der Waals surface area contributed by atoms with E-state index in [0.29, 0.717) is 28.8 Å². The Morgan fingerprint density at radius 3 is 2.68 bits per heavy atom. The van der Waals surface area contributed by atoms with Crippen LogP contribution in [-0.4, -0.2) is 28.8 Å². The molecule has 128 valence electrons. The quantitative estimate of drug-likeness (QED) is 0.618. The van der Waals surface area contributed by atoms with E-state index in [0.717, 1.165) is 11.1 Å². The maximum Gasteiger partial charge on any atom is 0.258 e. The van der Waals surface area contributed by atoms with Crippen LogP contribution in [0, 0.1) is 0 Å². The van der Waals surface area contributed by atoms with Crippen LogP contribution in [0.4, 0.5) is 5.69 Å². The van der Waals surface area contributed by atoms with Crippen LogP contribution in [0.3, 0.4) is 0 Å². The maximum atomic E-state index is 12.5. The normalized spacial score (nSPS) is 12.2. The van der Waals surface area contributed by atoms with Crippen molar-refractivity contribution in [2.24, 2.45) is 0 Å². The monoisotopic (exact) mass is 336 g/mol. The van der Waals surface area contributed by atoms with Gasteiger partial charge in [0.2, 0.25) is 0 Å². The topological polar surface area (TPSA) is 101 Å². The van der Waals surface area contributed by atoms with E-state index in [1.807, 2.05) is 36.4 Å². The highest BCUT2D eigenvalue weighted by Gasteiger charge is 2.15. The molecule has 0 spiro atoms. The number of aromatic amines is 1. The van der Waals surface area contributed by atoms with Crippen LogP contribution in [0.5, 0.6) is 0 Å². The summed E-state index contributed by atoms with van der Waals surface area (Å²) in [7, 11) is 1.71. The lowest BCUT2D eigenvalue weighted by Gasteiger charge is -2.12. The molecule has 1 atom stereocenters. The molecule has 0 fully saturated rings. The molecule has 2 aromatic carbocycles. The fraction of sp³-hybridized carbons (Fsp3) is 0.211. The van der Waals surface area contributed by atoms with E-state index in [1.165, 1.54) is 6.92 Å². The zero-order valence-electron chi connectivity index (χ0n) is 14.2. The summed E-state index contributed by atoms with van der Waals surface area (Å²) in [6, 6.07) is 12.7. The second-order valence-electron chi connectivity index (χ2n) is 6.03. The van der Waals surface area contributed by atoms with E-state index in [-0.39, 0.29) is 17.4 Å². The number of fused-ring (bicyclic) bond motifs is 1. The van der Waals surface area contributed by atoms with Crippen LogP contribution < -0.4 is 16.6 Å². The van der Waals surface area contributed by atoms with Crippen molar-refractivity contribution in [3.63, 3.8) is 0 Å². The number of nitrogen functional groups attached to an aromatic ring is 1. The molecule has 25 heavy (non-hydrogen) atoms. The van der Waals surface area contributed by atoms with Gasteiger partial charge in [-0.3, -0.25) is 9.59 Å². The van der Waals surface area contributed by atoms with Crippen molar-refractivity contribution in [1.29, 1.82) is 0 Å². The average molecular weight is 336 g/mol. The molecule has 0 aliphatic rings. The van der Waals surface area contributed by atoms with Gasteiger partial charge in [-0.15, -0.1) is 0 Å². The molecule has 0 saturated carbocycles. The first-order valence-corrected chi connectivity index (χ1v) is 8.04. The van der Waals surface area contributed by atoms with Crippen molar-refractivity contribution in [2.75, 3.05) is 12.8 Å². The third-order valence-electron chi connectivity index (χ3n) is 4.21. The second kappa shape index (κ2) is 6.86. The van der Waals surface area contributed by atoms with Gasteiger partial charge in [0.15, 0.2) is 0 Å². The fourth-order valence-corrected chi connectivity index (χ4v) is 2.82. The van der Waals surface area contributed by atoms with E-state index in [2.05, 4.69) is 15.3 Å².